The second kappa shape index (κ2) is 9.66. The lowest BCUT2D eigenvalue weighted by atomic mass is 10.0. The van der Waals surface area contributed by atoms with Gasteiger partial charge in [0.15, 0.2) is 0 Å². The van der Waals surface area contributed by atoms with Crippen LogP contribution in [0.5, 0.6) is 0 Å². The zero-order valence-corrected chi connectivity index (χ0v) is 21.7. The fraction of sp³-hybridized carbons (Fsp3) is 0.0270. The molecule has 1 aliphatic carbocycles. The number of allylic oxidation sites excluding steroid dienone is 6. The Labute approximate surface area is 229 Å². The first-order chi connectivity index (χ1) is 19.3. The molecule has 0 fully saturated rings. The van der Waals surface area contributed by atoms with Crippen LogP contribution in [-0.4, -0.2) is 4.57 Å². The summed E-state index contributed by atoms with van der Waals surface area (Å²) < 4.78 is 2.39. The predicted octanol–water partition coefficient (Wildman–Crippen LogP) is 9.96. The fourth-order valence-corrected chi connectivity index (χ4v) is 5.66. The van der Waals surface area contributed by atoms with Crippen molar-refractivity contribution in [3.63, 3.8) is 0 Å². The van der Waals surface area contributed by atoms with E-state index in [0.717, 1.165) is 34.6 Å². The average Bonchev–Trinajstić information content (AvgIpc) is 3.10. The summed E-state index contributed by atoms with van der Waals surface area (Å²) in [7, 11) is 0. The molecule has 0 unspecified atom stereocenters. The third-order valence-corrected chi connectivity index (χ3v) is 7.50. The first-order valence-corrected chi connectivity index (χ1v) is 13.4. The molecule has 2 heterocycles. The Morgan fingerprint density at radius 2 is 1.38 bits per heavy atom. The van der Waals surface area contributed by atoms with Crippen molar-refractivity contribution in [3.05, 3.63) is 157 Å². The lowest BCUT2D eigenvalue weighted by molar-refractivity contribution is 1.11. The van der Waals surface area contributed by atoms with Crippen LogP contribution < -0.4 is 4.90 Å². The molecule has 4 aromatic carbocycles. The monoisotopic (exact) mass is 500 g/mol. The van der Waals surface area contributed by atoms with Gasteiger partial charge in [0.25, 0.3) is 0 Å². The van der Waals surface area contributed by atoms with Gasteiger partial charge < -0.3 is 9.47 Å². The molecule has 0 saturated heterocycles. The highest BCUT2D eigenvalue weighted by molar-refractivity contribution is 5.96. The van der Waals surface area contributed by atoms with Gasteiger partial charge in [0, 0.05) is 34.1 Å². The van der Waals surface area contributed by atoms with E-state index in [1.54, 1.807) is 0 Å². The first kappa shape index (κ1) is 23.1. The molecular formula is C37H28N2. The third-order valence-electron chi connectivity index (χ3n) is 7.50. The van der Waals surface area contributed by atoms with E-state index in [2.05, 4.69) is 156 Å². The molecule has 5 aromatic rings. The number of hydrogen-bond acceptors (Lipinski definition) is 1. The third kappa shape index (κ3) is 4.07. The smallest absolute Gasteiger partial charge is 0.0541 e. The molecule has 0 radical (unpaired) electrons. The van der Waals surface area contributed by atoms with Crippen LogP contribution in [0.15, 0.2) is 140 Å². The van der Waals surface area contributed by atoms with E-state index in [1.807, 2.05) is 6.08 Å². The average molecular weight is 501 g/mol. The van der Waals surface area contributed by atoms with Crippen LogP contribution in [0.3, 0.4) is 0 Å². The lowest BCUT2D eigenvalue weighted by Gasteiger charge is -2.25. The van der Waals surface area contributed by atoms with E-state index in [-0.39, 0.29) is 0 Å². The molecule has 0 saturated carbocycles. The van der Waals surface area contributed by atoms with E-state index in [0.29, 0.717) is 0 Å². The molecule has 1 aliphatic heterocycles. The number of hydrogen-bond donors (Lipinski definition) is 0. The van der Waals surface area contributed by atoms with Crippen LogP contribution in [0, 0.1) is 0 Å². The van der Waals surface area contributed by atoms with Crippen molar-refractivity contribution >= 4 is 40.0 Å². The maximum atomic E-state index is 4.28. The van der Waals surface area contributed by atoms with Crippen molar-refractivity contribution in [1.82, 2.24) is 4.57 Å². The SMILES string of the molecule is C=C1/C=C\C=C/N(c2cccc(-c3cccc(-n4c5c(c6ccccc64)C=CCC=C5)c3)c2)c2ccccc21. The van der Waals surface area contributed by atoms with E-state index in [4.69, 9.17) is 0 Å². The Bertz CT molecular complexity index is 1860. The van der Waals surface area contributed by atoms with Crippen molar-refractivity contribution in [2.45, 2.75) is 6.42 Å². The van der Waals surface area contributed by atoms with Crippen molar-refractivity contribution in [2.24, 2.45) is 0 Å². The summed E-state index contributed by atoms with van der Waals surface area (Å²) in [6, 6.07) is 34.8. The minimum absolute atomic E-state index is 0.951. The van der Waals surface area contributed by atoms with Gasteiger partial charge in [-0.25, -0.2) is 0 Å². The fourth-order valence-electron chi connectivity index (χ4n) is 5.66. The molecule has 1 aromatic heterocycles. The zero-order valence-electron chi connectivity index (χ0n) is 21.7. The van der Waals surface area contributed by atoms with Crippen LogP contribution in [0.2, 0.25) is 0 Å². The first-order valence-electron chi connectivity index (χ1n) is 13.4. The molecule has 186 valence electrons. The Balaban J connectivity index is 1.34. The van der Waals surface area contributed by atoms with Gasteiger partial charge in [-0.1, -0.05) is 97.6 Å². The van der Waals surface area contributed by atoms with Gasteiger partial charge >= 0.3 is 0 Å². The van der Waals surface area contributed by atoms with E-state index >= 15 is 0 Å². The summed E-state index contributed by atoms with van der Waals surface area (Å²) in [5, 5.41) is 1.28. The Morgan fingerprint density at radius 1 is 0.641 bits per heavy atom. The summed E-state index contributed by atoms with van der Waals surface area (Å²) in [6.45, 7) is 4.28. The quantitative estimate of drug-likeness (QED) is 0.239. The minimum atomic E-state index is 0.951. The maximum Gasteiger partial charge on any atom is 0.0541 e. The van der Waals surface area contributed by atoms with Gasteiger partial charge in [-0.15, -0.1) is 0 Å². The number of nitrogens with zero attached hydrogens (tertiary/aromatic N) is 2. The number of aromatic nitrogens is 1. The molecule has 0 spiro atoms. The van der Waals surface area contributed by atoms with Crippen molar-refractivity contribution in [1.29, 1.82) is 0 Å². The highest BCUT2D eigenvalue weighted by Crippen LogP contribution is 2.37. The van der Waals surface area contributed by atoms with Crippen LogP contribution in [0.25, 0.3) is 45.4 Å². The number of rotatable bonds is 3. The molecule has 2 heteroatoms. The van der Waals surface area contributed by atoms with E-state index in [9.17, 15) is 0 Å². The second-order valence-electron chi connectivity index (χ2n) is 9.91. The predicted molar refractivity (Wildman–Crippen MR) is 167 cm³/mol. The summed E-state index contributed by atoms with van der Waals surface area (Å²) in [5.74, 6) is 0. The standard InChI is InChI=1S/C37H28N2/c1-27-13-9-10-24-38(35-21-7-5-18-32(27)35)30-16-11-14-28(25-30)29-15-12-17-31(26-29)39-36-22-4-2-3-19-33(36)34-20-6-8-23-37(34)39/h3-26H,1-2H2/b13-9-,24-10-. The molecular weight excluding hydrogens is 472 g/mol. The van der Waals surface area contributed by atoms with Gasteiger partial charge in [-0.05, 0) is 71.7 Å². The highest BCUT2D eigenvalue weighted by Gasteiger charge is 2.17. The number of fused-ring (bicyclic) bond motifs is 4. The normalized spacial score (nSPS) is 15.8. The summed E-state index contributed by atoms with van der Waals surface area (Å²) >= 11 is 0. The molecule has 7 rings (SSSR count). The van der Waals surface area contributed by atoms with E-state index in [1.165, 1.54) is 33.3 Å². The van der Waals surface area contributed by atoms with Crippen molar-refractivity contribution < 1.29 is 0 Å². The Kier molecular flexibility index (Phi) is 5.71. The summed E-state index contributed by atoms with van der Waals surface area (Å²) in [5.41, 5.74) is 11.6. The van der Waals surface area contributed by atoms with Crippen LogP contribution >= 0.6 is 0 Å². The minimum Gasteiger partial charge on any atom is -0.317 e. The van der Waals surface area contributed by atoms with Gasteiger partial charge in [0.05, 0.1) is 16.9 Å². The van der Waals surface area contributed by atoms with Gasteiger partial charge in [-0.2, -0.15) is 0 Å². The number of benzene rings is 4. The molecule has 0 N–H and O–H groups in total. The molecule has 0 atom stereocenters. The summed E-state index contributed by atoms with van der Waals surface area (Å²) in [4.78, 5) is 2.24. The van der Waals surface area contributed by atoms with Crippen molar-refractivity contribution in [3.8, 4) is 16.8 Å². The second-order valence-corrected chi connectivity index (χ2v) is 9.91. The number of anilines is 2. The molecule has 0 amide bonds. The number of para-hydroxylation sites is 2. The Morgan fingerprint density at radius 3 is 2.28 bits per heavy atom. The maximum absolute atomic E-state index is 4.28. The van der Waals surface area contributed by atoms with Crippen molar-refractivity contribution in [2.75, 3.05) is 4.90 Å². The van der Waals surface area contributed by atoms with E-state index < -0.39 is 0 Å². The largest absolute Gasteiger partial charge is 0.317 e. The van der Waals surface area contributed by atoms with Gasteiger partial charge in [-0.3, -0.25) is 0 Å². The molecule has 2 aliphatic rings. The van der Waals surface area contributed by atoms with Gasteiger partial charge in [0.2, 0.25) is 0 Å². The summed E-state index contributed by atoms with van der Waals surface area (Å²) in [6.07, 6.45) is 18.3. The zero-order chi connectivity index (χ0) is 26.2. The molecule has 39 heavy (non-hydrogen) atoms. The highest BCUT2D eigenvalue weighted by atomic mass is 15.1. The molecule has 2 nitrogen and oxygen atoms in total. The Hall–Kier alpha value is -5.08. The van der Waals surface area contributed by atoms with Gasteiger partial charge in [0.1, 0.15) is 0 Å². The van der Waals surface area contributed by atoms with Crippen LogP contribution in [-0.2, 0) is 0 Å². The molecule has 0 bridgehead atoms. The topological polar surface area (TPSA) is 8.17 Å². The van der Waals surface area contributed by atoms with Crippen LogP contribution in [0.1, 0.15) is 23.2 Å². The van der Waals surface area contributed by atoms with Crippen LogP contribution in [0.4, 0.5) is 11.4 Å². The lowest BCUT2D eigenvalue weighted by Crippen LogP contribution is -2.11.